The van der Waals surface area contributed by atoms with Gasteiger partial charge in [-0.05, 0) is 18.2 Å². The number of hydrogen-bond donors (Lipinski definition) is 0. The maximum Gasteiger partial charge on any atom is 0.267 e. The summed E-state index contributed by atoms with van der Waals surface area (Å²) in [7, 11) is 0. The lowest BCUT2D eigenvalue weighted by atomic mass is 10.2. The second kappa shape index (κ2) is 6.43. The molecular weight excluding hydrogens is 280 g/mol. The fourth-order valence-electron chi connectivity index (χ4n) is 2.59. The van der Waals surface area contributed by atoms with Crippen LogP contribution in [0.25, 0.3) is 0 Å². The van der Waals surface area contributed by atoms with Crippen LogP contribution in [0.15, 0.2) is 53.5 Å². The number of carbonyl (C=O) groups excluding carboxylic acids is 1. The third-order valence-corrected chi connectivity index (χ3v) is 3.82. The van der Waals surface area contributed by atoms with Crippen LogP contribution in [0.5, 0.6) is 0 Å². The number of para-hydroxylation sites is 1. The molecule has 1 amide bonds. The van der Waals surface area contributed by atoms with E-state index in [-0.39, 0.29) is 18.0 Å². The molecule has 114 valence electrons. The molecule has 0 N–H and O–H groups in total. The van der Waals surface area contributed by atoms with Gasteiger partial charge in [0.25, 0.3) is 5.56 Å². The highest BCUT2D eigenvalue weighted by Gasteiger charge is 2.21. The monoisotopic (exact) mass is 298 g/mol. The van der Waals surface area contributed by atoms with Gasteiger partial charge in [0.05, 0.1) is 0 Å². The number of benzene rings is 1. The van der Waals surface area contributed by atoms with Gasteiger partial charge in [0.2, 0.25) is 5.91 Å². The summed E-state index contributed by atoms with van der Waals surface area (Å²) in [6.07, 6.45) is 1.52. The van der Waals surface area contributed by atoms with E-state index in [9.17, 15) is 9.59 Å². The zero-order valence-corrected chi connectivity index (χ0v) is 12.3. The van der Waals surface area contributed by atoms with E-state index >= 15 is 0 Å². The number of piperazine rings is 1. The van der Waals surface area contributed by atoms with E-state index in [1.165, 1.54) is 22.6 Å². The zero-order chi connectivity index (χ0) is 15.4. The van der Waals surface area contributed by atoms with Crippen molar-refractivity contribution in [2.45, 2.75) is 6.54 Å². The Balaban J connectivity index is 1.58. The van der Waals surface area contributed by atoms with Crippen LogP contribution in [-0.4, -0.2) is 46.8 Å². The lowest BCUT2D eigenvalue weighted by Gasteiger charge is -2.36. The topological polar surface area (TPSA) is 58.4 Å². The van der Waals surface area contributed by atoms with Gasteiger partial charge in [0.15, 0.2) is 0 Å². The number of rotatable bonds is 3. The quantitative estimate of drug-likeness (QED) is 0.832. The summed E-state index contributed by atoms with van der Waals surface area (Å²) in [6, 6.07) is 13.2. The van der Waals surface area contributed by atoms with Crippen molar-refractivity contribution in [1.82, 2.24) is 14.7 Å². The molecule has 1 aromatic carbocycles. The number of anilines is 1. The molecule has 1 fully saturated rings. The minimum atomic E-state index is -0.251. The Labute approximate surface area is 128 Å². The number of aromatic nitrogens is 2. The fourth-order valence-corrected chi connectivity index (χ4v) is 2.59. The summed E-state index contributed by atoms with van der Waals surface area (Å²) in [4.78, 5) is 27.9. The lowest BCUT2D eigenvalue weighted by Crippen LogP contribution is -2.50. The molecular formula is C16H18N4O2. The zero-order valence-electron chi connectivity index (χ0n) is 12.3. The van der Waals surface area contributed by atoms with Crippen LogP contribution < -0.4 is 10.5 Å². The van der Waals surface area contributed by atoms with Gasteiger partial charge < -0.3 is 9.80 Å². The third-order valence-electron chi connectivity index (χ3n) is 3.82. The smallest absolute Gasteiger partial charge is 0.267 e. The first-order valence-corrected chi connectivity index (χ1v) is 7.34. The summed E-state index contributed by atoms with van der Waals surface area (Å²) >= 11 is 0. The molecule has 2 heterocycles. The summed E-state index contributed by atoms with van der Waals surface area (Å²) in [5, 5.41) is 3.92. The molecule has 1 aliphatic rings. The molecule has 0 saturated carbocycles. The predicted octanol–water partition coefficient (Wildman–Crippen LogP) is 0.592. The van der Waals surface area contributed by atoms with Gasteiger partial charge in [-0.25, -0.2) is 4.68 Å². The van der Waals surface area contributed by atoms with Gasteiger partial charge in [-0.2, -0.15) is 5.10 Å². The number of amides is 1. The van der Waals surface area contributed by atoms with Gasteiger partial charge in [-0.15, -0.1) is 0 Å². The molecule has 0 unspecified atom stereocenters. The fraction of sp³-hybridized carbons (Fsp3) is 0.312. The van der Waals surface area contributed by atoms with Crippen LogP contribution in [0.2, 0.25) is 0 Å². The Morgan fingerprint density at radius 3 is 2.41 bits per heavy atom. The molecule has 0 radical (unpaired) electrons. The van der Waals surface area contributed by atoms with E-state index in [0.717, 1.165) is 13.1 Å². The Kier molecular flexibility index (Phi) is 4.18. The largest absolute Gasteiger partial charge is 0.368 e. The van der Waals surface area contributed by atoms with Crippen molar-refractivity contribution in [3.8, 4) is 0 Å². The van der Waals surface area contributed by atoms with Gasteiger partial charge in [-0.3, -0.25) is 9.59 Å². The average Bonchev–Trinajstić information content (AvgIpc) is 2.58. The number of carbonyl (C=O) groups is 1. The van der Waals surface area contributed by atoms with Crippen molar-refractivity contribution in [1.29, 1.82) is 0 Å². The predicted molar refractivity (Wildman–Crippen MR) is 83.7 cm³/mol. The second-order valence-corrected chi connectivity index (χ2v) is 5.22. The van der Waals surface area contributed by atoms with Gasteiger partial charge in [-0.1, -0.05) is 18.2 Å². The summed E-state index contributed by atoms with van der Waals surface area (Å²) in [6.45, 7) is 2.93. The van der Waals surface area contributed by atoms with Crippen molar-refractivity contribution in [2.75, 3.05) is 31.1 Å². The van der Waals surface area contributed by atoms with Gasteiger partial charge in [0.1, 0.15) is 6.54 Å². The molecule has 6 nitrogen and oxygen atoms in total. The van der Waals surface area contributed by atoms with E-state index in [0.29, 0.717) is 13.1 Å². The average molecular weight is 298 g/mol. The lowest BCUT2D eigenvalue weighted by molar-refractivity contribution is -0.132. The van der Waals surface area contributed by atoms with Crippen LogP contribution in [0.4, 0.5) is 5.69 Å². The second-order valence-electron chi connectivity index (χ2n) is 5.22. The maximum absolute atomic E-state index is 12.3. The van der Waals surface area contributed by atoms with Crippen molar-refractivity contribution in [2.24, 2.45) is 0 Å². The molecule has 1 saturated heterocycles. The summed E-state index contributed by atoms with van der Waals surface area (Å²) < 4.78 is 1.20. The Morgan fingerprint density at radius 2 is 1.73 bits per heavy atom. The van der Waals surface area contributed by atoms with Gasteiger partial charge in [0, 0.05) is 44.1 Å². The van der Waals surface area contributed by atoms with Crippen molar-refractivity contribution >= 4 is 11.6 Å². The number of hydrogen-bond acceptors (Lipinski definition) is 4. The van der Waals surface area contributed by atoms with Gasteiger partial charge >= 0.3 is 0 Å². The van der Waals surface area contributed by atoms with Crippen molar-refractivity contribution in [3.05, 3.63) is 59.0 Å². The highest BCUT2D eigenvalue weighted by atomic mass is 16.2. The Morgan fingerprint density at radius 1 is 1.00 bits per heavy atom. The van der Waals surface area contributed by atoms with E-state index in [1.54, 1.807) is 11.0 Å². The molecule has 0 spiro atoms. The molecule has 0 aliphatic carbocycles. The van der Waals surface area contributed by atoms with Crippen LogP contribution in [-0.2, 0) is 11.3 Å². The highest BCUT2D eigenvalue weighted by molar-refractivity contribution is 5.76. The van der Waals surface area contributed by atoms with E-state index in [1.807, 2.05) is 18.2 Å². The third kappa shape index (κ3) is 3.16. The molecule has 0 atom stereocenters. The number of nitrogens with zero attached hydrogens (tertiary/aromatic N) is 4. The molecule has 1 aromatic heterocycles. The molecule has 0 bridgehead atoms. The van der Waals surface area contributed by atoms with Crippen LogP contribution in [0.1, 0.15) is 0 Å². The molecule has 22 heavy (non-hydrogen) atoms. The van der Waals surface area contributed by atoms with Crippen molar-refractivity contribution in [3.63, 3.8) is 0 Å². The van der Waals surface area contributed by atoms with Crippen molar-refractivity contribution < 1.29 is 4.79 Å². The first kappa shape index (κ1) is 14.3. The molecule has 3 rings (SSSR count). The van der Waals surface area contributed by atoms with E-state index in [4.69, 9.17) is 0 Å². The minimum absolute atomic E-state index is 0.00497. The first-order chi connectivity index (χ1) is 10.7. The van der Waals surface area contributed by atoms with E-state index < -0.39 is 0 Å². The van der Waals surface area contributed by atoms with E-state index in [2.05, 4.69) is 22.1 Å². The molecule has 6 heteroatoms. The van der Waals surface area contributed by atoms with Crippen LogP contribution in [0, 0.1) is 0 Å². The first-order valence-electron chi connectivity index (χ1n) is 7.34. The van der Waals surface area contributed by atoms with Crippen LogP contribution >= 0.6 is 0 Å². The maximum atomic E-state index is 12.3. The SMILES string of the molecule is O=C(Cn1ncccc1=O)N1CCN(c2ccccc2)CC1. The minimum Gasteiger partial charge on any atom is -0.368 e. The Bertz CT molecular complexity index is 691. The normalized spacial score (nSPS) is 14.9. The summed E-state index contributed by atoms with van der Waals surface area (Å²) in [5.74, 6) is -0.0616. The highest BCUT2D eigenvalue weighted by Crippen LogP contribution is 2.15. The standard InChI is InChI=1S/C16H18N4O2/c21-15-7-4-8-17-20(15)13-16(22)19-11-9-18(10-12-19)14-5-2-1-3-6-14/h1-8H,9-13H2. The molecule has 2 aromatic rings. The summed E-state index contributed by atoms with van der Waals surface area (Å²) in [5.41, 5.74) is 0.925. The Hall–Kier alpha value is -2.63. The van der Waals surface area contributed by atoms with Crippen LogP contribution in [0.3, 0.4) is 0 Å². The molecule has 1 aliphatic heterocycles.